The zero-order valence-electron chi connectivity index (χ0n) is 7.14. The van der Waals surface area contributed by atoms with Crippen molar-refractivity contribution < 1.29 is 4.79 Å². The third kappa shape index (κ3) is 2.23. The molecule has 0 aliphatic carbocycles. The Kier molecular flexibility index (Phi) is 2.63. The molecule has 0 radical (unpaired) electrons. The maximum Gasteiger partial charge on any atom is 0.247 e. The van der Waals surface area contributed by atoms with Crippen molar-refractivity contribution in [1.29, 1.82) is 0 Å². The molecule has 64 valence electrons. The molecular weight excluding hydrogens is 154 g/mol. The van der Waals surface area contributed by atoms with Gasteiger partial charge in [-0.2, -0.15) is 0 Å². The number of imidazole rings is 1. The van der Waals surface area contributed by atoms with Crippen LogP contribution >= 0.6 is 0 Å². The monoisotopic (exact) mass is 165 g/mol. The van der Waals surface area contributed by atoms with Crippen molar-refractivity contribution in [1.82, 2.24) is 14.5 Å². The van der Waals surface area contributed by atoms with Crippen molar-refractivity contribution in [3.63, 3.8) is 0 Å². The number of hydrogen-bond donors (Lipinski definition) is 0. The summed E-state index contributed by atoms with van der Waals surface area (Å²) in [7, 11) is 3.42. The fraction of sp³-hybridized carbons (Fsp3) is 0.250. The minimum atomic E-state index is -0.0382. The molecule has 1 aromatic heterocycles. The number of carbonyl (C=O) groups excluding carboxylic acids is 1. The second-order valence-corrected chi connectivity index (χ2v) is 2.56. The first-order chi connectivity index (χ1) is 5.70. The van der Waals surface area contributed by atoms with E-state index in [1.807, 2.05) is 0 Å². The first kappa shape index (κ1) is 8.52. The van der Waals surface area contributed by atoms with Crippen LogP contribution < -0.4 is 0 Å². The Morgan fingerprint density at radius 1 is 1.58 bits per heavy atom. The van der Waals surface area contributed by atoms with Gasteiger partial charge in [-0.1, -0.05) is 0 Å². The number of rotatable bonds is 2. The molecule has 12 heavy (non-hydrogen) atoms. The van der Waals surface area contributed by atoms with Crippen LogP contribution in [0.25, 0.3) is 6.20 Å². The summed E-state index contributed by atoms with van der Waals surface area (Å²) in [5, 5.41) is 0. The van der Waals surface area contributed by atoms with Crippen LogP contribution in [0.1, 0.15) is 0 Å². The summed E-state index contributed by atoms with van der Waals surface area (Å²) < 4.78 is 1.71. The highest BCUT2D eigenvalue weighted by Crippen LogP contribution is 1.88. The van der Waals surface area contributed by atoms with Crippen LogP contribution in [-0.2, 0) is 4.79 Å². The van der Waals surface area contributed by atoms with Gasteiger partial charge in [0.15, 0.2) is 0 Å². The third-order valence-corrected chi connectivity index (χ3v) is 1.35. The highest BCUT2D eigenvalue weighted by molar-refractivity contribution is 5.89. The molecule has 0 atom stereocenters. The van der Waals surface area contributed by atoms with Crippen LogP contribution in [0.15, 0.2) is 24.8 Å². The summed E-state index contributed by atoms with van der Waals surface area (Å²) in [6.07, 6.45) is 8.19. The molecule has 4 heteroatoms. The Morgan fingerprint density at radius 3 is 2.83 bits per heavy atom. The topological polar surface area (TPSA) is 38.1 Å². The second-order valence-electron chi connectivity index (χ2n) is 2.56. The summed E-state index contributed by atoms with van der Waals surface area (Å²) in [5.74, 6) is -0.0382. The van der Waals surface area contributed by atoms with Crippen molar-refractivity contribution in [2.45, 2.75) is 0 Å². The maximum atomic E-state index is 11.0. The normalized spacial score (nSPS) is 10.5. The van der Waals surface area contributed by atoms with Gasteiger partial charge in [0.2, 0.25) is 5.91 Å². The maximum absolute atomic E-state index is 11.0. The predicted molar refractivity (Wildman–Crippen MR) is 46.3 cm³/mol. The second kappa shape index (κ2) is 3.71. The number of hydrogen-bond acceptors (Lipinski definition) is 2. The van der Waals surface area contributed by atoms with Gasteiger partial charge in [0, 0.05) is 38.8 Å². The van der Waals surface area contributed by atoms with Crippen molar-refractivity contribution >= 4 is 12.1 Å². The molecule has 1 heterocycles. The summed E-state index contributed by atoms with van der Waals surface area (Å²) in [4.78, 5) is 16.4. The van der Waals surface area contributed by atoms with E-state index in [9.17, 15) is 4.79 Å². The lowest BCUT2D eigenvalue weighted by molar-refractivity contribution is -0.123. The summed E-state index contributed by atoms with van der Waals surface area (Å²) in [5.41, 5.74) is 0. The number of carbonyl (C=O) groups is 1. The number of amides is 1. The van der Waals surface area contributed by atoms with Gasteiger partial charge < -0.3 is 9.47 Å². The van der Waals surface area contributed by atoms with Gasteiger partial charge in [0.1, 0.15) is 0 Å². The van der Waals surface area contributed by atoms with E-state index in [0.717, 1.165) is 0 Å². The lowest BCUT2D eigenvalue weighted by Gasteiger charge is -2.04. The highest BCUT2D eigenvalue weighted by Gasteiger charge is 1.95. The smallest absolute Gasteiger partial charge is 0.247 e. The molecule has 1 rings (SSSR count). The van der Waals surface area contributed by atoms with E-state index in [4.69, 9.17) is 0 Å². The Balaban J connectivity index is 2.57. The van der Waals surface area contributed by atoms with Crippen LogP contribution in [0.2, 0.25) is 0 Å². The summed E-state index contributed by atoms with van der Waals surface area (Å²) in [6.45, 7) is 0. The minimum Gasteiger partial charge on any atom is -0.345 e. The number of nitrogens with zero attached hydrogens (tertiary/aromatic N) is 3. The quantitative estimate of drug-likeness (QED) is 0.596. The molecule has 0 saturated carbocycles. The molecule has 0 fully saturated rings. The average molecular weight is 165 g/mol. The third-order valence-electron chi connectivity index (χ3n) is 1.35. The van der Waals surface area contributed by atoms with Crippen LogP contribution in [0.3, 0.4) is 0 Å². The van der Waals surface area contributed by atoms with Crippen LogP contribution in [0.5, 0.6) is 0 Å². The van der Waals surface area contributed by atoms with Crippen molar-refractivity contribution in [2.75, 3.05) is 14.1 Å². The van der Waals surface area contributed by atoms with Gasteiger partial charge in [0.05, 0.1) is 6.33 Å². The number of aromatic nitrogens is 2. The van der Waals surface area contributed by atoms with Gasteiger partial charge in [-0.25, -0.2) is 4.98 Å². The molecule has 1 amide bonds. The Bertz CT molecular complexity index is 275. The van der Waals surface area contributed by atoms with E-state index in [-0.39, 0.29) is 5.91 Å². The zero-order chi connectivity index (χ0) is 8.97. The Morgan fingerprint density at radius 2 is 2.33 bits per heavy atom. The highest BCUT2D eigenvalue weighted by atomic mass is 16.2. The molecule has 0 aliphatic heterocycles. The van der Waals surface area contributed by atoms with E-state index in [1.54, 1.807) is 43.6 Å². The molecule has 4 nitrogen and oxygen atoms in total. The first-order valence-corrected chi connectivity index (χ1v) is 3.57. The standard InChI is InChI=1S/C8H11N3O/c1-10(2)8(12)3-5-11-6-4-9-7-11/h3-7H,1-2H3. The predicted octanol–water partition coefficient (Wildman–Crippen LogP) is 0.442. The van der Waals surface area contributed by atoms with Crippen molar-refractivity contribution in [3.8, 4) is 0 Å². The molecule has 0 saturated heterocycles. The average Bonchev–Trinajstić information content (AvgIpc) is 2.51. The van der Waals surface area contributed by atoms with Crippen molar-refractivity contribution in [3.05, 3.63) is 24.8 Å². The Hall–Kier alpha value is -1.58. The Labute approximate surface area is 71.1 Å². The first-order valence-electron chi connectivity index (χ1n) is 3.57. The van der Waals surface area contributed by atoms with E-state index in [0.29, 0.717) is 0 Å². The molecule has 0 bridgehead atoms. The fourth-order valence-corrected chi connectivity index (χ4v) is 0.657. The largest absolute Gasteiger partial charge is 0.345 e. The molecule has 0 spiro atoms. The van der Waals surface area contributed by atoms with Gasteiger partial charge in [0.25, 0.3) is 0 Å². The minimum absolute atomic E-state index is 0.0382. The van der Waals surface area contributed by atoms with E-state index < -0.39 is 0 Å². The molecule has 0 unspecified atom stereocenters. The van der Waals surface area contributed by atoms with Crippen LogP contribution in [0, 0.1) is 0 Å². The molecule has 0 aliphatic rings. The lowest BCUT2D eigenvalue weighted by Crippen LogP contribution is -2.18. The van der Waals surface area contributed by atoms with Crippen LogP contribution in [-0.4, -0.2) is 34.5 Å². The van der Waals surface area contributed by atoms with Gasteiger partial charge in [-0.05, 0) is 0 Å². The zero-order valence-corrected chi connectivity index (χ0v) is 7.14. The molecule has 0 aromatic carbocycles. The summed E-state index contributed by atoms with van der Waals surface area (Å²) in [6, 6.07) is 0. The lowest BCUT2D eigenvalue weighted by atomic mass is 10.5. The van der Waals surface area contributed by atoms with Gasteiger partial charge in [-0.3, -0.25) is 4.79 Å². The van der Waals surface area contributed by atoms with E-state index in [2.05, 4.69) is 4.98 Å². The molecule has 0 N–H and O–H groups in total. The number of likely N-dealkylation sites (N-methyl/N-ethyl adjacent to an activating group) is 1. The fourth-order valence-electron chi connectivity index (χ4n) is 0.657. The molecule has 1 aromatic rings. The van der Waals surface area contributed by atoms with Crippen molar-refractivity contribution in [2.24, 2.45) is 0 Å². The van der Waals surface area contributed by atoms with Crippen LogP contribution in [0.4, 0.5) is 0 Å². The summed E-state index contributed by atoms with van der Waals surface area (Å²) >= 11 is 0. The van der Waals surface area contributed by atoms with E-state index >= 15 is 0 Å². The van der Waals surface area contributed by atoms with E-state index in [1.165, 1.54) is 11.0 Å². The van der Waals surface area contributed by atoms with Gasteiger partial charge in [-0.15, -0.1) is 0 Å². The SMILES string of the molecule is CN(C)C(=O)C=Cn1ccnc1. The molecular formula is C8H11N3O. The van der Waals surface area contributed by atoms with Gasteiger partial charge >= 0.3 is 0 Å².